The molecule has 0 bridgehead atoms. The lowest BCUT2D eigenvalue weighted by molar-refractivity contribution is 0.215. The Morgan fingerprint density at radius 1 is 0.977 bits per heavy atom. The van der Waals surface area contributed by atoms with Gasteiger partial charge in [-0.25, -0.2) is 13.2 Å². The van der Waals surface area contributed by atoms with Crippen molar-refractivity contribution in [2.24, 2.45) is 0 Å². The fourth-order valence-electron chi connectivity index (χ4n) is 5.39. The molecule has 1 heterocycles. The highest BCUT2D eigenvalue weighted by molar-refractivity contribution is 7.89. The summed E-state index contributed by atoms with van der Waals surface area (Å²) in [5, 5.41) is 3.71. The second kappa shape index (κ2) is 14.0. The largest absolute Gasteiger partial charge is 0.455 e. The van der Waals surface area contributed by atoms with E-state index in [0.717, 1.165) is 40.4 Å². The number of hydrogen-bond acceptors (Lipinski definition) is 5. The molecule has 0 unspecified atom stereocenters. The molecule has 1 aliphatic rings. The van der Waals surface area contributed by atoms with E-state index in [4.69, 9.17) is 16.3 Å². The third kappa shape index (κ3) is 7.45. The average molecular weight is 627 g/mol. The summed E-state index contributed by atoms with van der Waals surface area (Å²) in [5.41, 5.74) is 4.45. The monoisotopic (exact) mass is 626 g/mol. The van der Waals surface area contributed by atoms with Gasteiger partial charge in [-0.1, -0.05) is 57.5 Å². The average Bonchev–Trinajstić information content (AvgIpc) is 3.22. The van der Waals surface area contributed by atoms with Crippen LogP contribution in [0.5, 0.6) is 11.5 Å². The molecule has 43 heavy (non-hydrogen) atoms. The number of carbonyl (C=O) groups excluding carboxylic acids is 1. The topological polar surface area (TPSA) is 82.2 Å². The number of nitrogens with zero attached hydrogens (tertiary/aromatic N) is 3. The van der Waals surface area contributed by atoms with Gasteiger partial charge in [0.05, 0.1) is 10.6 Å². The third-order valence-corrected chi connectivity index (χ3v) is 10.4. The molecule has 4 rings (SSSR count). The maximum absolute atomic E-state index is 13.7. The first-order valence-corrected chi connectivity index (χ1v) is 16.8. The van der Waals surface area contributed by atoms with Gasteiger partial charge in [0.1, 0.15) is 5.75 Å². The summed E-state index contributed by atoms with van der Waals surface area (Å²) in [6.45, 7) is 15.0. The quantitative estimate of drug-likeness (QED) is 0.264. The Balaban J connectivity index is 1.64. The molecule has 0 atom stereocenters. The molecule has 232 valence electrons. The molecule has 0 spiro atoms. The Morgan fingerprint density at radius 3 is 2.42 bits per heavy atom. The van der Waals surface area contributed by atoms with Crippen LogP contribution in [0.4, 0.5) is 16.2 Å². The number of amides is 2. The summed E-state index contributed by atoms with van der Waals surface area (Å²) in [6, 6.07) is 16.3. The zero-order valence-electron chi connectivity index (χ0n) is 26.0. The van der Waals surface area contributed by atoms with E-state index in [0.29, 0.717) is 49.9 Å². The summed E-state index contributed by atoms with van der Waals surface area (Å²) < 4.78 is 34.6. The van der Waals surface area contributed by atoms with Crippen LogP contribution in [0.1, 0.15) is 56.7 Å². The molecule has 10 heteroatoms. The van der Waals surface area contributed by atoms with E-state index in [9.17, 15) is 13.2 Å². The number of sulfonamides is 1. The zero-order chi connectivity index (χ0) is 31.3. The highest BCUT2D eigenvalue weighted by atomic mass is 35.5. The minimum atomic E-state index is -3.76. The van der Waals surface area contributed by atoms with Crippen molar-refractivity contribution >= 4 is 39.0 Å². The van der Waals surface area contributed by atoms with Crippen LogP contribution in [-0.4, -0.2) is 62.9 Å². The molecule has 1 saturated heterocycles. The van der Waals surface area contributed by atoms with E-state index >= 15 is 0 Å². The van der Waals surface area contributed by atoms with Gasteiger partial charge >= 0.3 is 6.03 Å². The maximum Gasteiger partial charge on any atom is 0.322 e. The smallest absolute Gasteiger partial charge is 0.322 e. The van der Waals surface area contributed by atoms with Crippen LogP contribution >= 0.6 is 11.6 Å². The normalized spacial score (nSPS) is 14.3. The van der Waals surface area contributed by atoms with Crippen molar-refractivity contribution < 1.29 is 17.9 Å². The number of urea groups is 1. The number of ether oxygens (including phenoxy) is 1. The summed E-state index contributed by atoms with van der Waals surface area (Å²) >= 11 is 6.38. The SMILES string of the molecule is CCN(CC)S(=O)(=O)c1ccc(Oc2cc(C)ccc2C(C)C)c(NC(=O)N2CCCN(c3cccc(Cl)c3C)CC2)c1. The molecule has 0 aliphatic carbocycles. The van der Waals surface area contributed by atoms with Crippen LogP contribution in [0, 0.1) is 13.8 Å². The number of nitrogens with one attached hydrogen (secondary N) is 1. The first kappa shape index (κ1) is 32.6. The lowest BCUT2D eigenvalue weighted by Crippen LogP contribution is -2.38. The zero-order valence-corrected chi connectivity index (χ0v) is 27.6. The van der Waals surface area contributed by atoms with Gasteiger partial charge < -0.3 is 19.9 Å². The van der Waals surface area contributed by atoms with Crippen LogP contribution in [0.25, 0.3) is 0 Å². The molecule has 1 fully saturated rings. The Kier molecular flexibility index (Phi) is 10.6. The van der Waals surface area contributed by atoms with Crippen LogP contribution in [0.2, 0.25) is 5.02 Å². The number of anilines is 2. The minimum absolute atomic E-state index is 0.102. The molecule has 0 radical (unpaired) electrons. The van der Waals surface area contributed by atoms with Crippen molar-refractivity contribution in [1.29, 1.82) is 0 Å². The van der Waals surface area contributed by atoms with Crippen molar-refractivity contribution in [3.05, 3.63) is 76.3 Å². The molecule has 0 aromatic heterocycles. The van der Waals surface area contributed by atoms with Crippen molar-refractivity contribution in [2.45, 2.75) is 58.8 Å². The van der Waals surface area contributed by atoms with E-state index in [2.05, 4.69) is 30.1 Å². The van der Waals surface area contributed by atoms with Gasteiger partial charge in [-0.3, -0.25) is 0 Å². The van der Waals surface area contributed by atoms with Gasteiger partial charge in [0.15, 0.2) is 5.75 Å². The van der Waals surface area contributed by atoms with Crippen LogP contribution < -0.4 is 15.0 Å². The van der Waals surface area contributed by atoms with Crippen molar-refractivity contribution in [3.63, 3.8) is 0 Å². The van der Waals surface area contributed by atoms with Crippen molar-refractivity contribution in [1.82, 2.24) is 9.21 Å². The molecular formula is C33H43ClN4O4S. The van der Waals surface area contributed by atoms with Gasteiger partial charge in [-0.2, -0.15) is 4.31 Å². The van der Waals surface area contributed by atoms with E-state index in [1.165, 1.54) is 10.4 Å². The number of rotatable bonds is 9. The summed E-state index contributed by atoms with van der Waals surface area (Å²) in [7, 11) is -3.76. The highest BCUT2D eigenvalue weighted by Crippen LogP contribution is 2.37. The van der Waals surface area contributed by atoms with Crippen molar-refractivity contribution in [3.8, 4) is 11.5 Å². The number of aryl methyl sites for hydroxylation is 1. The Bertz CT molecular complexity index is 1560. The predicted molar refractivity (Wildman–Crippen MR) is 176 cm³/mol. The van der Waals surface area contributed by atoms with E-state index in [-0.39, 0.29) is 16.8 Å². The third-order valence-electron chi connectivity index (χ3n) is 7.91. The molecule has 1 aliphatic heterocycles. The summed E-state index contributed by atoms with van der Waals surface area (Å²) in [4.78, 5) is 17.8. The lowest BCUT2D eigenvalue weighted by atomic mass is 10.0. The van der Waals surface area contributed by atoms with Gasteiger partial charge in [-0.05, 0) is 79.3 Å². The maximum atomic E-state index is 13.7. The van der Waals surface area contributed by atoms with Crippen LogP contribution in [0.3, 0.4) is 0 Å². The lowest BCUT2D eigenvalue weighted by Gasteiger charge is -2.26. The Labute approximate surface area is 261 Å². The van der Waals surface area contributed by atoms with Crippen LogP contribution in [-0.2, 0) is 10.0 Å². The predicted octanol–water partition coefficient (Wildman–Crippen LogP) is 7.65. The minimum Gasteiger partial charge on any atom is -0.455 e. The molecule has 2 amide bonds. The Hall–Kier alpha value is -3.27. The standard InChI is InChI=1S/C33H43ClN4O4S/c1-7-38(8-2)43(40,41)26-14-16-31(42-32-21-24(5)13-15-27(32)23(3)4)29(22-26)35-33(39)37-18-10-17-36(19-20-37)30-12-9-11-28(34)25(30)6/h9,11-16,21-23H,7-8,10,17-20H2,1-6H3,(H,35,39). The highest BCUT2D eigenvalue weighted by Gasteiger charge is 2.26. The molecule has 1 N–H and O–H groups in total. The summed E-state index contributed by atoms with van der Waals surface area (Å²) in [6.07, 6.45) is 0.778. The first-order chi connectivity index (χ1) is 20.5. The van der Waals surface area contributed by atoms with E-state index in [1.54, 1.807) is 30.9 Å². The fraction of sp³-hybridized carbons (Fsp3) is 0.424. The van der Waals surface area contributed by atoms with Gasteiger partial charge in [-0.15, -0.1) is 0 Å². The van der Waals surface area contributed by atoms with E-state index < -0.39 is 10.0 Å². The first-order valence-electron chi connectivity index (χ1n) is 14.9. The van der Waals surface area contributed by atoms with Gasteiger partial charge in [0.2, 0.25) is 10.0 Å². The Morgan fingerprint density at radius 2 is 1.72 bits per heavy atom. The second-order valence-electron chi connectivity index (χ2n) is 11.2. The second-order valence-corrected chi connectivity index (χ2v) is 13.5. The molecular weight excluding hydrogens is 584 g/mol. The molecule has 8 nitrogen and oxygen atoms in total. The van der Waals surface area contributed by atoms with E-state index in [1.807, 2.05) is 44.2 Å². The molecule has 3 aromatic carbocycles. The number of benzene rings is 3. The van der Waals surface area contributed by atoms with Crippen molar-refractivity contribution in [2.75, 3.05) is 49.5 Å². The van der Waals surface area contributed by atoms with Crippen LogP contribution in [0.15, 0.2) is 59.5 Å². The number of halogens is 1. The van der Waals surface area contributed by atoms with Gasteiger partial charge in [0.25, 0.3) is 0 Å². The molecule has 0 saturated carbocycles. The van der Waals surface area contributed by atoms with Gasteiger partial charge in [0, 0.05) is 50.0 Å². The number of hydrogen-bond donors (Lipinski definition) is 1. The fourth-order valence-corrected chi connectivity index (χ4v) is 7.04. The summed E-state index contributed by atoms with van der Waals surface area (Å²) in [5.74, 6) is 1.26. The number of carbonyl (C=O) groups is 1. The molecule has 3 aromatic rings.